The topological polar surface area (TPSA) is 35.5 Å². The van der Waals surface area contributed by atoms with E-state index >= 15 is 0 Å². The lowest BCUT2D eigenvalue weighted by molar-refractivity contribution is -0.0952. The Morgan fingerprint density at radius 1 is 1.33 bits per heavy atom. The number of hydrogen-bond acceptors (Lipinski definition) is 3. The molecule has 3 nitrogen and oxygen atoms in total. The summed E-state index contributed by atoms with van der Waals surface area (Å²) in [5.41, 5.74) is -0.315. The monoisotopic (exact) mass is 254 g/mol. The molecular formula is C15H30N2O. The normalized spacial score (nSPS) is 33.7. The first kappa shape index (κ1) is 14.3. The Hall–Kier alpha value is -0.120. The molecule has 2 atom stereocenters. The van der Waals surface area contributed by atoms with Crippen LogP contribution in [0.3, 0.4) is 0 Å². The Labute approximate surface area is 112 Å². The van der Waals surface area contributed by atoms with Crippen LogP contribution in [0.25, 0.3) is 0 Å². The van der Waals surface area contributed by atoms with E-state index in [9.17, 15) is 5.11 Å². The smallest absolute Gasteiger partial charge is 0.0700 e. The second-order valence-corrected chi connectivity index (χ2v) is 6.56. The minimum atomic E-state index is -0.315. The first-order valence-corrected chi connectivity index (χ1v) is 7.78. The van der Waals surface area contributed by atoms with Gasteiger partial charge in [0.25, 0.3) is 0 Å². The van der Waals surface area contributed by atoms with Crippen molar-refractivity contribution in [3.05, 3.63) is 0 Å². The first-order chi connectivity index (χ1) is 8.60. The van der Waals surface area contributed by atoms with Crippen LogP contribution in [0.5, 0.6) is 0 Å². The third kappa shape index (κ3) is 3.69. The number of aliphatic hydroxyl groups is 1. The van der Waals surface area contributed by atoms with Gasteiger partial charge in [0.1, 0.15) is 0 Å². The highest BCUT2D eigenvalue weighted by Crippen LogP contribution is 2.39. The lowest BCUT2D eigenvalue weighted by Crippen LogP contribution is -2.53. The molecule has 0 bridgehead atoms. The lowest BCUT2D eigenvalue weighted by Gasteiger charge is -2.47. The maximum Gasteiger partial charge on any atom is 0.0700 e. The second kappa shape index (κ2) is 6.36. The summed E-state index contributed by atoms with van der Waals surface area (Å²) in [4.78, 5) is 2.56. The molecule has 18 heavy (non-hydrogen) atoms. The standard InChI is InChI=1S/C15H30N2O/c1-13(2)16-9-5-10-17-11-8-15(18)7-4-3-6-14(15)12-17/h13-14,16,18H,3-12H2,1-2H3. The Morgan fingerprint density at radius 3 is 2.94 bits per heavy atom. The van der Waals surface area contributed by atoms with Gasteiger partial charge >= 0.3 is 0 Å². The fourth-order valence-electron chi connectivity index (χ4n) is 3.54. The molecule has 0 spiro atoms. The van der Waals surface area contributed by atoms with Crippen LogP contribution in [0.1, 0.15) is 52.4 Å². The molecule has 0 aromatic rings. The average molecular weight is 254 g/mol. The Balaban J connectivity index is 1.70. The lowest BCUT2D eigenvalue weighted by atomic mass is 9.71. The van der Waals surface area contributed by atoms with E-state index in [0.717, 1.165) is 32.5 Å². The zero-order chi connectivity index (χ0) is 13.0. The van der Waals surface area contributed by atoms with Crippen LogP contribution in [0.4, 0.5) is 0 Å². The minimum Gasteiger partial charge on any atom is -0.390 e. The summed E-state index contributed by atoms with van der Waals surface area (Å²) in [5, 5.41) is 14.1. The van der Waals surface area contributed by atoms with Crippen molar-refractivity contribution < 1.29 is 5.11 Å². The fraction of sp³-hybridized carbons (Fsp3) is 1.00. The third-order valence-corrected chi connectivity index (χ3v) is 4.72. The molecule has 106 valence electrons. The number of rotatable bonds is 5. The molecule has 0 aromatic carbocycles. The van der Waals surface area contributed by atoms with Gasteiger partial charge in [-0.1, -0.05) is 26.7 Å². The van der Waals surface area contributed by atoms with Gasteiger partial charge in [0, 0.05) is 25.0 Å². The summed E-state index contributed by atoms with van der Waals surface area (Å²) in [5.74, 6) is 0.540. The molecule has 0 amide bonds. The molecule has 2 unspecified atom stereocenters. The molecule has 0 aromatic heterocycles. The first-order valence-electron chi connectivity index (χ1n) is 7.78. The maximum absolute atomic E-state index is 10.6. The number of fused-ring (bicyclic) bond motifs is 1. The van der Waals surface area contributed by atoms with Crippen molar-refractivity contribution in [1.29, 1.82) is 0 Å². The molecule has 3 heteroatoms. The molecular weight excluding hydrogens is 224 g/mol. The van der Waals surface area contributed by atoms with Crippen molar-refractivity contribution in [1.82, 2.24) is 10.2 Å². The van der Waals surface area contributed by atoms with Gasteiger partial charge in [-0.2, -0.15) is 0 Å². The van der Waals surface area contributed by atoms with Crippen molar-refractivity contribution in [3.63, 3.8) is 0 Å². The second-order valence-electron chi connectivity index (χ2n) is 6.56. The van der Waals surface area contributed by atoms with E-state index < -0.39 is 0 Å². The Kier molecular flexibility index (Phi) is 5.05. The summed E-state index contributed by atoms with van der Waals surface area (Å²) in [7, 11) is 0. The van der Waals surface area contributed by atoms with E-state index in [1.54, 1.807) is 0 Å². The van der Waals surface area contributed by atoms with E-state index in [-0.39, 0.29) is 5.60 Å². The highest BCUT2D eigenvalue weighted by Gasteiger charge is 2.42. The van der Waals surface area contributed by atoms with E-state index in [4.69, 9.17) is 0 Å². The van der Waals surface area contributed by atoms with E-state index in [1.165, 1.54) is 32.2 Å². The summed E-state index contributed by atoms with van der Waals surface area (Å²) in [6.45, 7) is 8.91. The number of nitrogens with one attached hydrogen (secondary N) is 1. The van der Waals surface area contributed by atoms with Crippen molar-refractivity contribution >= 4 is 0 Å². The molecule has 2 fully saturated rings. The van der Waals surface area contributed by atoms with E-state index in [0.29, 0.717) is 12.0 Å². The molecule has 2 rings (SSSR count). The Bertz CT molecular complexity index is 257. The highest BCUT2D eigenvalue weighted by atomic mass is 16.3. The average Bonchev–Trinajstić information content (AvgIpc) is 2.34. The maximum atomic E-state index is 10.6. The summed E-state index contributed by atoms with van der Waals surface area (Å²) < 4.78 is 0. The SMILES string of the molecule is CC(C)NCCCN1CCC2(O)CCCCC2C1. The molecule has 1 saturated heterocycles. The van der Waals surface area contributed by atoms with E-state index in [1.807, 2.05) is 0 Å². The highest BCUT2D eigenvalue weighted by molar-refractivity contribution is 4.95. The minimum absolute atomic E-state index is 0.315. The van der Waals surface area contributed by atoms with Crippen LogP contribution in [0.2, 0.25) is 0 Å². The quantitative estimate of drug-likeness (QED) is 0.737. The van der Waals surface area contributed by atoms with Crippen molar-refractivity contribution in [2.45, 2.75) is 64.0 Å². The largest absolute Gasteiger partial charge is 0.390 e. The molecule has 2 N–H and O–H groups in total. The van der Waals surface area contributed by atoms with Gasteiger partial charge in [-0.3, -0.25) is 0 Å². The predicted molar refractivity (Wildman–Crippen MR) is 75.7 cm³/mol. The van der Waals surface area contributed by atoms with Gasteiger partial charge in [-0.25, -0.2) is 0 Å². The van der Waals surface area contributed by atoms with Gasteiger partial charge in [-0.15, -0.1) is 0 Å². The number of hydrogen-bond donors (Lipinski definition) is 2. The van der Waals surface area contributed by atoms with Crippen molar-refractivity contribution in [3.8, 4) is 0 Å². The van der Waals surface area contributed by atoms with Gasteiger partial charge in [-0.05, 0) is 38.8 Å². The van der Waals surface area contributed by atoms with Crippen molar-refractivity contribution in [2.75, 3.05) is 26.2 Å². The molecule has 1 heterocycles. The van der Waals surface area contributed by atoms with Gasteiger partial charge in [0.2, 0.25) is 0 Å². The van der Waals surface area contributed by atoms with Gasteiger partial charge in [0.15, 0.2) is 0 Å². The third-order valence-electron chi connectivity index (χ3n) is 4.72. The molecule has 1 aliphatic carbocycles. The van der Waals surface area contributed by atoms with Crippen molar-refractivity contribution in [2.24, 2.45) is 5.92 Å². The van der Waals surface area contributed by atoms with Crippen LogP contribution in [-0.2, 0) is 0 Å². The molecule has 1 aliphatic heterocycles. The number of likely N-dealkylation sites (tertiary alicyclic amines) is 1. The number of nitrogens with zero attached hydrogens (tertiary/aromatic N) is 1. The van der Waals surface area contributed by atoms with Crippen LogP contribution in [0, 0.1) is 5.92 Å². The molecule has 0 radical (unpaired) electrons. The van der Waals surface area contributed by atoms with Gasteiger partial charge in [0.05, 0.1) is 5.60 Å². The van der Waals surface area contributed by atoms with Crippen LogP contribution >= 0.6 is 0 Å². The fourth-order valence-corrected chi connectivity index (χ4v) is 3.54. The zero-order valence-electron chi connectivity index (χ0n) is 12.1. The van der Waals surface area contributed by atoms with Gasteiger partial charge < -0.3 is 15.3 Å². The van der Waals surface area contributed by atoms with E-state index in [2.05, 4.69) is 24.1 Å². The molecule has 2 aliphatic rings. The summed E-state index contributed by atoms with van der Waals surface area (Å²) in [6.07, 6.45) is 7.04. The van der Waals surface area contributed by atoms with Crippen LogP contribution in [0.15, 0.2) is 0 Å². The summed E-state index contributed by atoms with van der Waals surface area (Å²) >= 11 is 0. The van der Waals surface area contributed by atoms with Crippen LogP contribution in [-0.4, -0.2) is 47.8 Å². The number of piperidine rings is 1. The molecule has 1 saturated carbocycles. The zero-order valence-corrected chi connectivity index (χ0v) is 12.1. The predicted octanol–water partition coefficient (Wildman–Crippen LogP) is 2.00. The van der Waals surface area contributed by atoms with Crippen LogP contribution < -0.4 is 5.32 Å². The Morgan fingerprint density at radius 2 is 2.17 bits per heavy atom. The summed E-state index contributed by atoms with van der Waals surface area (Å²) in [6, 6.07) is 0.592.